The Hall–Kier alpha value is -2.66. The van der Waals surface area contributed by atoms with Gasteiger partial charge in [-0.25, -0.2) is 4.79 Å². The monoisotopic (exact) mass is 354 g/mol. The summed E-state index contributed by atoms with van der Waals surface area (Å²) in [6.45, 7) is 5.67. The second-order valence-corrected chi connectivity index (χ2v) is 6.39. The molecule has 2 aromatic carbocycles. The highest BCUT2D eigenvalue weighted by molar-refractivity contribution is 6.01. The Kier molecular flexibility index (Phi) is 7.36. The summed E-state index contributed by atoms with van der Waals surface area (Å²) in [4.78, 5) is 26.4. The van der Waals surface area contributed by atoms with Crippen LogP contribution in [0.4, 0.5) is 5.69 Å². The fourth-order valence-electron chi connectivity index (χ4n) is 2.68. The maximum Gasteiger partial charge on any atom is 0.339 e. The summed E-state index contributed by atoms with van der Waals surface area (Å²) < 4.78 is 4.76. The van der Waals surface area contributed by atoms with Gasteiger partial charge in [0, 0.05) is 25.6 Å². The van der Waals surface area contributed by atoms with Crippen molar-refractivity contribution >= 4 is 17.6 Å². The molecule has 0 aliphatic rings. The van der Waals surface area contributed by atoms with Gasteiger partial charge < -0.3 is 10.1 Å². The molecular formula is C21H26N2O3. The number of ether oxygens (including phenoxy) is 1. The van der Waals surface area contributed by atoms with Crippen LogP contribution in [0.3, 0.4) is 0 Å². The van der Waals surface area contributed by atoms with Crippen molar-refractivity contribution in [2.45, 2.75) is 32.9 Å². The van der Waals surface area contributed by atoms with Gasteiger partial charge in [-0.15, -0.1) is 0 Å². The molecule has 0 radical (unpaired) electrons. The minimum Gasteiger partial charge on any atom is -0.465 e. The van der Waals surface area contributed by atoms with E-state index in [9.17, 15) is 9.59 Å². The summed E-state index contributed by atoms with van der Waals surface area (Å²) in [6.07, 6.45) is 0.348. The Labute approximate surface area is 155 Å². The summed E-state index contributed by atoms with van der Waals surface area (Å²) in [5.74, 6) is -0.589. The second-order valence-electron chi connectivity index (χ2n) is 6.39. The van der Waals surface area contributed by atoms with E-state index in [2.05, 4.69) is 36.2 Å². The Morgan fingerprint density at radius 1 is 1.04 bits per heavy atom. The minimum absolute atomic E-state index is 0.125. The van der Waals surface area contributed by atoms with Gasteiger partial charge in [-0.05, 0) is 31.5 Å². The predicted molar refractivity (Wildman–Crippen MR) is 103 cm³/mol. The molecule has 26 heavy (non-hydrogen) atoms. The number of anilines is 1. The van der Waals surface area contributed by atoms with Crippen LogP contribution in [0, 0.1) is 0 Å². The third-order valence-corrected chi connectivity index (χ3v) is 4.19. The zero-order valence-electron chi connectivity index (χ0n) is 15.6. The molecule has 0 heterocycles. The summed E-state index contributed by atoms with van der Waals surface area (Å²) in [5.41, 5.74) is 2.05. The van der Waals surface area contributed by atoms with Crippen LogP contribution in [0.15, 0.2) is 54.6 Å². The van der Waals surface area contributed by atoms with Crippen LogP contribution in [-0.4, -0.2) is 36.5 Å². The van der Waals surface area contributed by atoms with Crippen LogP contribution in [0.5, 0.6) is 0 Å². The molecule has 1 N–H and O–H groups in total. The first-order valence-corrected chi connectivity index (χ1v) is 8.76. The lowest BCUT2D eigenvalue weighted by Gasteiger charge is -2.26. The van der Waals surface area contributed by atoms with Crippen molar-refractivity contribution in [1.82, 2.24) is 4.90 Å². The fourth-order valence-corrected chi connectivity index (χ4v) is 2.68. The quantitative estimate of drug-likeness (QED) is 0.734. The highest BCUT2D eigenvalue weighted by Gasteiger charge is 2.15. The first kappa shape index (κ1) is 19.7. The van der Waals surface area contributed by atoms with Gasteiger partial charge in [0.05, 0.1) is 18.4 Å². The Balaban J connectivity index is 1.96. The van der Waals surface area contributed by atoms with Crippen molar-refractivity contribution in [2.24, 2.45) is 0 Å². The Morgan fingerprint density at radius 3 is 2.35 bits per heavy atom. The number of esters is 1. The summed E-state index contributed by atoms with van der Waals surface area (Å²) >= 11 is 0. The topological polar surface area (TPSA) is 58.6 Å². The molecule has 0 saturated carbocycles. The molecule has 5 heteroatoms. The molecule has 0 atom stereocenters. The van der Waals surface area contributed by atoms with E-state index in [0.717, 1.165) is 6.54 Å². The van der Waals surface area contributed by atoms with Gasteiger partial charge in [-0.2, -0.15) is 0 Å². The van der Waals surface area contributed by atoms with E-state index in [-0.39, 0.29) is 5.91 Å². The molecule has 0 unspecified atom stereocenters. The molecule has 0 aromatic heterocycles. The zero-order chi connectivity index (χ0) is 18.9. The third-order valence-electron chi connectivity index (χ3n) is 4.19. The van der Waals surface area contributed by atoms with Crippen molar-refractivity contribution in [2.75, 3.05) is 19.0 Å². The average molecular weight is 354 g/mol. The average Bonchev–Trinajstić information content (AvgIpc) is 2.65. The molecule has 0 saturated heterocycles. The van der Waals surface area contributed by atoms with Crippen LogP contribution in [0.2, 0.25) is 0 Å². The van der Waals surface area contributed by atoms with Gasteiger partial charge in [-0.3, -0.25) is 9.69 Å². The Bertz CT molecular complexity index is 729. The van der Waals surface area contributed by atoms with Crippen LogP contribution in [-0.2, 0) is 16.1 Å². The number of hydrogen-bond acceptors (Lipinski definition) is 4. The van der Waals surface area contributed by atoms with Gasteiger partial charge in [0.25, 0.3) is 0 Å². The number of nitrogens with zero attached hydrogens (tertiary/aromatic N) is 1. The zero-order valence-corrected chi connectivity index (χ0v) is 15.6. The lowest BCUT2D eigenvalue weighted by Crippen LogP contribution is -2.33. The maximum absolute atomic E-state index is 12.4. The first-order valence-electron chi connectivity index (χ1n) is 8.76. The van der Waals surface area contributed by atoms with Gasteiger partial charge in [0.2, 0.25) is 5.91 Å². The second kappa shape index (κ2) is 9.73. The molecule has 0 aliphatic heterocycles. The van der Waals surface area contributed by atoms with E-state index < -0.39 is 5.97 Å². The summed E-state index contributed by atoms with van der Waals surface area (Å²) in [6, 6.07) is 17.4. The normalized spacial score (nSPS) is 10.8. The van der Waals surface area contributed by atoms with Gasteiger partial charge in [-0.1, -0.05) is 42.5 Å². The molecule has 5 nitrogen and oxygen atoms in total. The number of hydrogen-bond donors (Lipinski definition) is 1. The van der Waals surface area contributed by atoms with Crippen molar-refractivity contribution in [3.63, 3.8) is 0 Å². The fraction of sp³-hybridized carbons (Fsp3) is 0.333. The van der Waals surface area contributed by atoms with E-state index >= 15 is 0 Å². The molecule has 1 amide bonds. The highest BCUT2D eigenvalue weighted by Crippen LogP contribution is 2.16. The van der Waals surface area contributed by atoms with Crippen molar-refractivity contribution in [3.8, 4) is 0 Å². The van der Waals surface area contributed by atoms with Crippen molar-refractivity contribution in [3.05, 3.63) is 65.7 Å². The van der Waals surface area contributed by atoms with Gasteiger partial charge >= 0.3 is 5.97 Å². The van der Waals surface area contributed by atoms with E-state index in [1.54, 1.807) is 24.3 Å². The molecule has 2 aromatic rings. The lowest BCUT2D eigenvalue weighted by molar-refractivity contribution is -0.116. The number of rotatable bonds is 8. The summed E-state index contributed by atoms with van der Waals surface area (Å²) in [5, 5.41) is 2.82. The largest absolute Gasteiger partial charge is 0.465 e. The molecule has 138 valence electrons. The highest BCUT2D eigenvalue weighted by atomic mass is 16.5. The van der Waals surface area contributed by atoms with Crippen molar-refractivity contribution in [1.29, 1.82) is 0 Å². The molecule has 0 aliphatic carbocycles. The van der Waals surface area contributed by atoms with Crippen LogP contribution in [0.1, 0.15) is 36.2 Å². The third kappa shape index (κ3) is 5.70. The van der Waals surface area contributed by atoms with Crippen LogP contribution >= 0.6 is 0 Å². The number of benzene rings is 2. The SMILES string of the molecule is COC(=O)c1ccccc1NC(=O)CCN(Cc1ccccc1)C(C)C. The number of carbonyl (C=O) groups excluding carboxylic acids is 2. The Morgan fingerprint density at radius 2 is 1.69 bits per heavy atom. The van der Waals surface area contributed by atoms with Gasteiger partial charge in [0.1, 0.15) is 0 Å². The van der Waals surface area contributed by atoms with Crippen LogP contribution < -0.4 is 5.32 Å². The molecule has 0 spiro atoms. The number of methoxy groups -OCH3 is 1. The molecule has 0 fully saturated rings. The first-order chi connectivity index (χ1) is 12.5. The lowest BCUT2D eigenvalue weighted by atomic mass is 10.1. The molecular weight excluding hydrogens is 328 g/mol. The molecule has 0 bridgehead atoms. The van der Waals surface area contributed by atoms with Crippen molar-refractivity contribution < 1.29 is 14.3 Å². The number of nitrogens with one attached hydrogen (secondary N) is 1. The number of amides is 1. The number of para-hydroxylation sites is 1. The van der Waals surface area contributed by atoms with E-state index in [1.807, 2.05) is 18.2 Å². The van der Waals surface area contributed by atoms with E-state index in [1.165, 1.54) is 12.7 Å². The van der Waals surface area contributed by atoms with E-state index in [0.29, 0.717) is 30.3 Å². The summed E-state index contributed by atoms with van der Waals surface area (Å²) in [7, 11) is 1.32. The standard InChI is InChI=1S/C21H26N2O3/c1-16(2)23(15-17-9-5-4-6-10-17)14-13-20(24)22-19-12-8-7-11-18(19)21(25)26-3/h4-12,16H,13-15H2,1-3H3,(H,22,24). The predicted octanol–water partition coefficient (Wildman–Crippen LogP) is 3.71. The smallest absolute Gasteiger partial charge is 0.339 e. The van der Waals surface area contributed by atoms with E-state index in [4.69, 9.17) is 4.74 Å². The minimum atomic E-state index is -0.464. The maximum atomic E-state index is 12.4. The number of carbonyl (C=O) groups is 2. The van der Waals surface area contributed by atoms with Crippen LogP contribution in [0.25, 0.3) is 0 Å². The molecule has 2 rings (SSSR count). The van der Waals surface area contributed by atoms with Gasteiger partial charge in [0.15, 0.2) is 0 Å².